The van der Waals surface area contributed by atoms with E-state index in [2.05, 4.69) is 0 Å². The van der Waals surface area contributed by atoms with Gasteiger partial charge in [0.15, 0.2) is 6.29 Å². The zero-order valence-electron chi connectivity index (χ0n) is 5.30. The first kappa shape index (κ1) is 5.42. The predicted molar refractivity (Wildman–Crippen MR) is 32.1 cm³/mol. The molecule has 1 aliphatic carbocycles. The number of carbonyl (C=O) groups excluding carboxylic acids is 1. The van der Waals surface area contributed by atoms with Crippen LogP contribution in [0.25, 0.3) is 0 Å². The van der Waals surface area contributed by atoms with Crippen molar-refractivity contribution in [3.63, 3.8) is 0 Å². The molecule has 2 aliphatic rings. The number of hydrogen-bond acceptors (Lipinski definition) is 2. The number of carbonyl (C=O) groups is 1. The standard InChI is InChI=1S/C7H10O2/c8-5-7-4-2-1-3-6(7)9-7/h5-6H,1-4H2. The lowest BCUT2D eigenvalue weighted by molar-refractivity contribution is -0.112. The largest absolute Gasteiger partial charge is 0.358 e. The molecule has 2 atom stereocenters. The Morgan fingerprint density at radius 3 is 3.00 bits per heavy atom. The molecular weight excluding hydrogens is 116 g/mol. The number of ether oxygens (including phenoxy) is 1. The first-order valence-corrected chi connectivity index (χ1v) is 3.51. The molecule has 50 valence electrons. The van der Waals surface area contributed by atoms with Gasteiger partial charge >= 0.3 is 0 Å². The Bertz CT molecular complexity index is 144. The molecule has 0 bridgehead atoms. The fraction of sp³-hybridized carbons (Fsp3) is 0.857. The molecule has 1 aliphatic heterocycles. The zero-order chi connectivity index (χ0) is 6.32. The summed E-state index contributed by atoms with van der Waals surface area (Å²) in [6.07, 6.45) is 5.73. The maximum Gasteiger partial charge on any atom is 0.154 e. The van der Waals surface area contributed by atoms with Crippen LogP contribution >= 0.6 is 0 Å². The van der Waals surface area contributed by atoms with Gasteiger partial charge in [0, 0.05) is 0 Å². The first-order chi connectivity index (χ1) is 4.37. The molecule has 0 N–H and O–H groups in total. The maximum absolute atomic E-state index is 10.4. The highest BCUT2D eigenvalue weighted by molar-refractivity contribution is 5.68. The number of epoxide rings is 1. The van der Waals surface area contributed by atoms with Gasteiger partial charge in [-0.15, -0.1) is 0 Å². The third-order valence-corrected chi connectivity index (χ3v) is 2.33. The van der Waals surface area contributed by atoms with Crippen molar-refractivity contribution < 1.29 is 9.53 Å². The third kappa shape index (κ3) is 0.628. The third-order valence-electron chi connectivity index (χ3n) is 2.33. The van der Waals surface area contributed by atoms with E-state index in [1.807, 2.05) is 0 Å². The van der Waals surface area contributed by atoms with E-state index in [1.165, 1.54) is 6.42 Å². The van der Waals surface area contributed by atoms with Gasteiger partial charge in [-0.1, -0.05) is 6.42 Å². The summed E-state index contributed by atoms with van der Waals surface area (Å²) in [4.78, 5) is 10.4. The van der Waals surface area contributed by atoms with Crippen LogP contribution in [0.3, 0.4) is 0 Å². The van der Waals surface area contributed by atoms with E-state index in [4.69, 9.17) is 4.74 Å². The lowest BCUT2D eigenvalue weighted by Crippen LogP contribution is -2.20. The van der Waals surface area contributed by atoms with Crippen molar-refractivity contribution in [3.8, 4) is 0 Å². The Hall–Kier alpha value is -0.370. The van der Waals surface area contributed by atoms with E-state index in [1.54, 1.807) is 0 Å². The minimum Gasteiger partial charge on any atom is -0.358 e. The normalized spacial score (nSPS) is 47.8. The molecule has 0 spiro atoms. The summed E-state index contributed by atoms with van der Waals surface area (Å²) in [5, 5.41) is 0. The number of fused-ring (bicyclic) bond motifs is 1. The van der Waals surface area contributed by atoms with Crippen molar-refractivity contribution in [1.82, 2.24) is 0 Å². The second-order valence-electron chi connectivity index (χ2n) is 2.93. The summed E-state index contributed by atoms with van der Waals surface area (Å²) in [5.41, 5.74) is -0.293. The van der Waals surface area contributed by atoms with Crippen molar-refractivity contribution in [1.29, 1.82) is 0 Å². The van der Waals surface area contributed by atoms with Gasteiger partial charge in [-0.3, -0.25) is 0 Å². The van der Waals surface area contributed by atoms with Crippen LogP contribution in [0.4, 0.5) is 0 Å². The van der Waals surface area contributed by atoms with Crippen molar-refractivity contribution in [2.75, 3.05) is 0 Å². The van der Waals surface area contributed by atoms with Gasteiger partial charge in [-0.2, -0.15) is 0 Å². The van der Waals surface area contributed by atoms with E-state index >= 15 is 0 Å². The Balaban J connectivity index is 2.09. The van der Waals surface area contributed by atoms with Gasteiger partial charge in [0.25, 0.3) is 0 Å². The molecule has 2 fully saturated rings. The maximum atomic E-state index is 10.4. The Morgan fingerprint density at radius 2 is 2.44 bits per heavy atom. The lowest BCUT2D eigenvalue weighted by Gasteiger charge is -2.08. The van der Waals surface area contributed by atoms with Crippen molar-refractivity contribution in [2.45, 2.75) is 37.4 Å². The van der Waals surface area contributed by atoms with E-state index in [-0.39, 0.29) is 5.60 Å². The fourth-order valence-corrected chi connectivity index (χ4v) is 1.65. The van der Waals surface area contributed by atoms with Gasteiger partial charge in [0.2, 0.25) is 0 Å². The minimum absolute atomic E-state index is 0.293. The van der Waals surface area contributed by atoms with Crippen molar-refractivity contribution >= 4 is 6.29 Å². The summed E-state index contributed by atoms with van der Waals surface area (Å²) < 4.78 is 5.25. The molecule has 0 amide bonds. The summed E-state index contributed by atoms with van der Waals surface area (Å²) in [6, 6.07) is 0. The molecule has 2 rings (SSSR count). The van der Waals surface area contributed by atoms with E-state index in [0.29, 0.717) is 6.10 Å². The monoisotopic (exact) mass is 126 g/mol. The molecule has 1 saturated heterocycles. The SMILES string of the molecule is O=CC12CCCCC1O2. The highest BCUT2D eigenvalue weighted by atomic mass is 16.6. The summed E-state index contributed by atoms with van der Waals surface area (Å²) in [5.74, 6) is 0. The van der Waals surface area contributed by atoms with Gasteiger partial charge in [0.1, 0.15) is 5.60 Å². The zero-order valence-corrected chi connectivity index (χ0v) is 5.30. The molecule has 1 heterocycles. The second kappa shape index (κ2) is 1.57. The second-order valence-corrected chi connectivity index (χ2v) is 2.93. The molecule has 2 heteroatoms. The summed E-state index contributed by atoms with van der Waals surface area (Å²) in [7, 11) is 0. The minimum atomic E-state index is -0.293. The molecule has 0 aromatic heterocycles. The van der Waals surface area contributed by atoms with Crippen LogP contribution in [0.1, 0.15) is 25.7 Å². The van der Waals surface area contributed by atoms with E-state index < -0.39 is 0 Å². The van der Waals surface area contributed by atoms with Crippen LogP contribution in [0.5, 0.6) is 0 Å². The fourth-order valence-electron chi connectivity index (χ4n) is 1.65. The van der Waals surface area contributed by atoms with Gasteiger partial charge in [-0.25, -0.2) is 0 Å². The van der Waals surface area contributed by atoms with Crippen LogP contribution < -0.4 is 0 Å². The number of hydrogen-bond donors (Lipinski definition) is 0. The first-order valence-electron chi connectivity index (χ1n) is 3.51. The number of rotatable bonds is 1. The molecule has 2 unspecified atom stereocenters. The average Bonchev–Trinajstić information content (AvgIpc) is 2.62. The van der Waals surface area contributed by atoms with Crippen LogP contribution in [0, 0.1) is 0 Å². The van der Waals surface area contributed by atoms with Crippen molar-refractivity contribution in [2.24, 2.45) is 0 Å². The van der Waals surface area contributed by atoms with Crippen LogP contribution in [-0.4, -0.2) is 18.0 Å². The quantitative estimate of drug-likeness (QED) is 0.386. The Kier molecular flexibility index (Phi) is 0.943. The summed E-state index contributed by atoms with van der Waals surface area (Å²) in [6.45, 7) is 0. The Morgan fingerprint density at radius 1 is 1.56 bits per heavy atom. The van der Waals surface area contributed by atoms with Gasteiger partial charge in [-0.05, 0) is 19.3 Å². The molecular formula is C7H10O2. The topological polar surface area (TPSA) is 29.6 Å². The van der Waals surface area contributed by atoms with Crippen molar-refractivity contribution in [3.05, 3.63) is 0 Å². The number of aldehydes is 1. The van der Waals surface area contributed by atoms with Crippen LogP contribution in [0.2, 0.25) is 0 Å². The highest BCUT2D eigenvalue weighted by Crippen LogP contribution is 2.45. The smallest absolute Gasteiger partial charge is 0.154 e. The van der Waals surface area contributed by atoms with Crippen LogP contribution in [-0.2, 0) is 9.53 Å². The van der Waals surface area contributed by atoms with Gasteiger partial charge < -0.3 is 9.53 Å². The highest BCUT2D eigenvalue weighted by Gasteiger charge is 2.57. The summed E-state index contributed by atoms with van der Waals surface area (Å²) >= 11 is 0. The van der Waals surface area contributed by atoms with E-state index in [0.717, 1.165) is 25.5 Å². The Labute approximate surface area is 54.2 Å². The lowest BCUT2D eigenvalue weighted by atomic mass is 9.90. The van der Waals surface area contributed by atoms with Crippen LogP contribution in [0.15, 0.2) is 0 Å². The molecule has 1 saturated carbocycles. The molecule has 2 nitrogen and oxygen atoms in total. The molecule has 9 heavy (non-hydrogen) atoms. The molecule has 0 aromatic rings. The van der Waals surface area contributed by atoms with Gasteiger partial charge in [0.05, 0.1) is 6.10 Å². The predicted octanol–water partition coefficient (Wildman–Crippen LogP) is 0.897. The molecule has 0 radical (unpaired) electrons. The average molecular weight is 126 g/mol. The molecule has 0 aromatic carbocycles. The van der Waals surface area contributed by atoms with E-state index in [9.17, 15) is 4.79 Å².